The smallest absolute Gasteiger partial charge is 0.212 e. The predicted octanol–water partition coefficient (Wildman–Crippen LogP) is 3.36. The van der Waals surface area contributed by atoms with Crippen LogP contribution in [0.1, 0.15) is 45.8 Å². The molecule has 0 aliphatic rings. The summed E-state index contributed by atoms with van der Waals surface area (Å²) >= 11 is 5.85. The van der Waals surface area contributed by atoms with Crippen LogP contribution in [-0.4, -0.2) is 25.3 Å². The van der Waals surface area contributed by atoms with Crippen LogP contribution >= 0.6 is 11.6 Å². The molecule has 0 saturated heterocycles. The maximum Gasteiger partial charge on any atom is 0.212 e. The van der Waals surface area contributed by atoms with Crippen molar-refractivity contribution in [2.45, 2.75) is 46.3 Å². The highest BCUT2D eigenvalue weighted by Gasteiger charge is 2.29. The summed E-state index contributed by atoms with van der Waals surface area (Å²) in [4.78, 5) is 0. The summed E-state index contributed by atoms with van der Waals surface area (Å²) in [7, 11) is -3.43. The van der Waals surface area contributed by atoms with E-state index in [4.69, 9.17) is 11.6 Å². The van der Waals surface area contributed by atoms with Gasteiger partial charge in [-0.1, -0.05) is 57.8 Å². The van der Waals surface area contributed by atoms with Crippen LogP contribution in [-0.2, 0) is 10.0 Å². The van der Waals surface area contributed by atoms with Crippen molar-refractivity contribution in [1.29, 1.82) is 0 Å². The Morgan fingerprint density at radius 3 is 2.18 bits per heavy atom. The summed E-state index contributed by atoms with van der Waals surface area (Å²) in [5.74, 6) is 0.107. The quantitative estimate of drug-likeness (QED) is 0.757. The van der Waals surface area contributed by atoms with Gasteiger partial charge in [-0.2, -0.15) is 0 Å². The number of aliphatic hydroxyl groups is 1. The minimum Gasteiger partial charge on any atom is -0.387 e. The van der Waals surface area contributed by atoms with Gasteiger partial charge in [-0.3, -0.25) is 0 Å². The lowest BCUT2D eigenvalue weighted by atomic mass is 9.94. The molecule has 0 saturated carbocycles. The van der Waals surface area contributed by atoms with Gasteiger partial charge in [0.2, 0.25) is 10.0 Å². The minimum absolute atomic E-state index is 0.0441. The van der Waals surface area contributed by atoms with Gasteiger partial charge in [0.25, 0.3) is 0 Å². The lowest BCUT2D eigenvalue weighted by Crippen LogP contribution is -2.44. The van der Waals surface area contributed by atoms with Gasteiger partial charge in [0, 0.05) is 5.02 Å². The fraction of sp³-hybridized carbons (Fsp3) is 0.625. The lowest BCUT2D eigenvalue weighted by molar-refractivity contribution is 0.117. The van der Waals surface area contributed by atoms with Gasteiger partial charge in [-0.05, 0) is 29.5 Å². The Bertz CT molecular complexity index is 557. The zero-order chi connectivity index (χ0) is 16.9. The average molecular weight is 348 g/mol. The summed E-state index contributed by atoms with van der Waals surface area (Å²) in [5, 5.41) is 11.1. The number of aliphatic hydroxyl groups excluding tert-OH is 1. The van der Waals surface area contributed by atoms with E-state index in [9.17, 15) is 13.5 Å². The Hall–Kier alpha value is -0.620. The number of rotatable bonds is 8. The highest BCUT2D eigenvalue weighted by Crippen LogP contribution is 2.24. The molecule has 0 amide bonds. The Labute approximate surface area is 138 Å². The van der Waals surface area contributed by atoms with E-state index < -0.39 is 22.2 Å². The van der Waals surface area contributed by atoms with Crippen molar-refractivity contribution in [1.82, 2.24) is 4.72 Å². The van der Waals surface area contributed by atoms with Crippen LogP contribution in [0.15, 0.2) is 24.3 Å². The third-order valence-electron chi connectivity index (χ3n) is 3.79. The monoisotopic (exact) mass is 347 g/mol. The fourth-order valence-corrected chi connectivity index (χ4v) is 4.20. The zero-order valence-corrected chi connectivity index (χ0v) is 15.2. The maximum absolute atomic E-state index is 12.3. The molecule has 2 N–H and O–H groups in total. The number of nitrogens with one attached hydrogen (secondary N) is 1. The first-order valence-electron chi connectivity index (χ1n) is 7.59. The molecule has 0 fully saturated rings. The van der Waals surface area contributed by atoms with Gasteiger partial charge in [-0.15, -0.1) is 0 Å². The van der Waals surface area contributed by atoms with Gasteiger partial charge in [-0.25, -0.2) is 13.1 Å². The molecule has 0 aliphatic heterocycles. The molecule has 126 valence electrons. The van der Waals surface area contributed by atoms with Crippen LogP contribution in [0.5, 0.6) is 0 Å². The van der Waals surface area contributed by atoms with Crippen molar-refractivity contribution in [3.05, 3.63) is 34.9 Å². The van der Waals surface area contributed by atoms with E-state index in [1.165, 1.54) is 0 Å². The zero-order valence-electron chi connectivity index (χ0n) is 13.6. The molecule has 0 bridgehead atoms. The summed E-state index contributed by atoms with van der Waals surface area (Å²) in [6.07, 6.45) is -0.114. The van der Waals surface area contributed by atoms with Crippen LogP contribution in [0.3, 0.4) is 0 Å². The van der Waals surface area contributed by atoms with Crippen LogP contribution in [0.25, 0.3) is 0 Å². The molecular formula is C16H26ClNO3S. The molecule has 3 atom stereocenters. The van der Waals surface area contributed by atoms with Gasteiger partial charge >= 0.3 is 0 Å². The summed E-state index contributed by atoms with van der Waals surface area (Å²) in [6, 6.07) is 6.22. The second-order valence-electron chi connectivity index (χ2n) is 6.18. The predicted molar refractivity (Wildman–Crippen MR) is 91.4 cm³/mol. The molecule has 0 aliphatic carbocycles. The maximum atomic E-state index is 12.3. The fourth-order valence-electron chi connectivity index (χ4n) is 2.18. The topological polar surface area (TPSA) is 66.4 Å². The SMILES string of the molecule is CCC(C)CS(=O)(=O)NC(C(C)C)C(O)c1ccc(Cl)cc1. The first kappa shape index (κ1) is 19.4. The highest BCUT2D eigenvalue weighted by molar-refractivity contribution is 7.89. The first-order chi connectivity index (χ1) is 10.2. The Morgan fingerprint density at radius 1 is 1.18 bits per heavy atom. The standard InChI is InChI=1S/C16H26ClNO3S/c1-5-12(4)10-22(20,21)18-15(11(2)3)16(19)13-6-8-14(17)9-7-13/h6-9,11-12,15-16,18-19H,5,10H2,1-4H3. The average Bonchev–Trinajstić information content (AvgIpc) is 2.44. The molecule has 0 spiro atoms. The van der Waals surface area contributed by atoms with E-state index in [0.29, 0.717) is 10.6 Å². The normalized spacial score (nSPS) is 16.5. The number of hydrogen-bond donors (Lipinski definition) is 2. The van der Waals surface area contributed by atoms with Crippen molar-refractivity contribution in [2.24, 2.45) is 11.8 Å². The molecule has 22 heavy (non-hydrogen) atoms. The first-order valence-corrected chi connectivity index (χ1v) is 9.62. The van der Waals surface area contributed by atoms with Crippen LogP contribution in [0.4, 0.5) is 0 Å². The van der Waals surface area contributed by atoms with Crippen LogP contribution < -0.4 is 4.72 Å². The molecule has 6 heteroatoms. The molecule has 0 radical (unpaired) electrons. The lowest BCUT2D eigenvalue weighted by Gasteiger charge is -2.28. The molecule has 4 nitrogen and oxygen atoms in total. The van der Waals surface area contributed by atoms with Gasteiger partial charge in [0.1, 0.15) is 0 Å². The molecule has 1 aromatic carbocycles. The second kappa shape index (κ2) is 8.29. The minimum atomic E-state index is -3.43. The summed E-state index contributed by atoms with van der Waals surface area (Å²) in [5.41, 5.74) is 0.648. The molecule has 1 aromatic rings. The largest absolute Gasteiger partial charge is 0.387 e. The summed E-state index contributed by atoms with van der Waals surface area (Å²) < 4.78 is 27.2. The Balaban J connectivity index is 2.91. The number of benzene rings is 1. The van der Waals surface area contributed by atoms with E-state index in [1.807, 2.05) is 27.7 Å². The van der Waals surface area contributed by atoms with Crippen molar-refractivity contribution >= 4 is 21.6 Å². The molecule has 0 heterocycles. The van der Waals surface area contributed by atoms with Gasteiger partial charge < -0.3 is 5.11 Å². The van der Waals surface area contributed by atoms with E-state index in [0.717, 1.165) is 6.42 Å². The molecular weight excluding hydrogens is 322 g/mol. The van der Waals surface area contributed by atoms with E-state index in [1.54, 1.807) is 24.3 Å². The van der Waals surface area contributed by atoms with E-state index in [2.05, 4.69) is 4.72 Å². The van der Waals surface area contributed by atoms with Crippen LogP contribution in [0.2, 0.25) is 5.02 Å². The third-order valence-corrected chi connectivity index (χ3v) is 5.68. The number of hydrogen-bond acceptors (Lipinski definition) is 3. The summed E-state index contributed by atoms with van der Waals surface area (Å²) in [6.45, 7) is 7.63. The van der Waals surface area contributed by atoms with E-state index in [-0.39, 0.29) is 17.6 Å². The molecule has 0 aromatic heterocycles. The highest BCUT2D eigenvalue weighted by atomic mass is 35.5. The number of sulfonamides is 1. The van der Waals surface area contributed by atoms with E-state index >= 15 is 0 Å². The Kier molecular flexibility index (Phi) is 7.32. The second-order valence-corrected chi connectivity index (χ2v) is 8.41. The van der Waals surface area contributed by atoms with Crippen molar-refractivity contribution in [3.63, 3.8) is 0 Å². The molecule has 1 rings (SSSR count). The Morgan fingerprint density at radius 2 is 1.73 bits per heavy atom. The van der Waals surface area contributed by atoms with Gasteiger partial charge in [0.05, 0.1) is 17.9 Å². The number of halogens is 1. The van der Waals surface area contributed by atoms with Crippen LogP contribution in [0, 0.1) is 11.8 Å². The molecule has 3 unspecified atom stereocenters. The van der Waals surface area contributed by atoms with Gasteiger partial charge in [0.15, 0.2) is 0 Å². The van der Waals surface area contributed by atoms with Crippen molar-refractivity contribution in [3.8, 4) is 0 Å². The van der Waals surface area contributed by atoms with Crippen molar-refractivity contribution in [2.75, 3.05) is 5.75 Å². The third kappa shape index (κ3) is 5.88. The van der Waals surface area contributed by atoms with Crippen molar-refractivity contribution < 1.29 is 13.5 Å².